The molecule has 3 aliphatic heterocycles. The topological polar surface area (TPSA) is 60.3 Å². The smallest absolute Gasteiger partial charge is 0.249 e. The first-order valence-electron chi connectivity index (χ1n) is 8.84. The fraction of sp³-hybridized carbons (Fsp3) is 0.350. The van der Waals surface area contributed by atoms with Crippen molar-refractivity contribution in [1.82, 2.24) is 15.1 Å². The first kappa shape index (κ1) is 16.7. The number of carbonyl (C=O) groups is 1. The lowest BCUT2D eigenvalue weighted by Gasteiger charge is -2.30. The first-order valence-corrected chi connectivity index (χ1v) is 8.84. The Balaban J connectivity index is 1.73. The SMILES string of the molecule is CN(C)CCNC(=O)C1=CC2=C3N=CC=CC3N(C)C2=C2C=CC=NC12. The fourth-order valence-corrected chi connectivity index (χ4v) is 3.77. The Hall–Kier alpha value is -2.73. The lowest BCUT2D eigenvalue weighted by Crippen LogP contribution is -2.37. The summed E-state index contributed by atoms with van der Waals surface area (Å²) in [6.45, 7) is 1.41. The molecule has 0 bridgehead atoms. The van der Waals surface area contributed by atoms with Gasteiger partial charge in [-0.15, -0.1) is 0 Å². The van der Waals surface area contributed by atoms with Crippen LogP contribution in [-0.4, -0.2) is 74.5 Å². The molecule has 0 aromatic heterocycles. The zero-order valence-corrected chi connectivity index (χ0v) is 15.3. The summed E-state index contributed by atoms with van der Waals surface area (Å²) in [7, 11) is 6.06. The van der Waals surface area contributed by atoms with Crippen molar-refractivity contribution in [2.24, 2.45) is 9.98 Å². The van der Waals surface area contributed by atoms with Crippen molar-refractivity contribution in [3.8, 4) is 0 Å². The van der Waals surface area contributed by atoms with Crippen LogP contribution >= 0.6 is 0 Å². The second-order valence-corrected chi connectivity index (χ2v) is 7.04. The molecule has 2 atom stereocenters. The molecule has 4 rings (SSSR count). The number of amides is 1. The maximum absolute atomic E-state index is 12.9. The molecule has 0 spiro atoms. The van der Waals surface area contributed by atoms with Crippen LogP contribution in [0.25, 0.3) is 0 Å². The van der Waals surface area contributed by atoms with Crippen LogP contribution in [-0.2, 0) is 4.79 Å². The molecule has 2 unspecified atom stereocenters. The molecule has 0 aromatic rings. The van der Waals surface area contributed by atoms with Gasteiger partial charge in [0.2, 0.25) is 5.91 Å². The molecule has 0 saturated carbocycles. The number of aliphatic imine (C=N–C) groups is 2. The van der Waals surface area contributed by atoms with Crippen LogP contribution in [0.1, 0.15) is 0 Å². The molecule has 6 nitrogen and oxygen atoms in total. The predicted octanol–water partition coefficient (Wildman–Crippen LogP) is 1.08. The number of allylic oxidation sites excluding steroid dienone is 3. The molecule has 1 aliphatic carbocycles. The van der Waals surface area contributed by atoms with Gasteiger partial charge in [0.1, 0.15) is 6.04 Å². The molecule has 4 aliphatic rings. The summed E-state index contributed by atoms with van der Waals surface area (Å²) in [5.74, 6) is -0.0598. The van der Waals surface area contributed by atoms with E-state index in [1.807, 2.05) is 43.4 Å². The zero-order chi connectivity index (χ0) is 18.3. The van der Waals surface area contributed by atoms with Gasteiger partial charge in [0.25, 0.3) is 0 Å². The van der Waals surface area contributed by atoms with Crippen molar-refractivity contribution in [1.29, 1.82) is 0 Å². The van der Waals surface area contributed by atoms with Crippen LogP contribution in [0.2, 0.25) is 0 Å². The molecule has 6 heteroatoms. The molecular weight excluding hydrogens is 326 g/mol. The lowest BCUT2D eigenvalue weighted by molar-refractivity contribution is -0.117. The van der Waals surface area contributed by atoms with Crippen molar-refractivity contribution >= 4 is 18.3 Å². The number of nitrogens with one attached hydrogen (secondary N) is 1. The number of hydrogen-bond acceptors (Lipinski definition) is 5. The van der Waals surface area contributed by atoms with Gasteiger partial charge < -0.3 is 15.1 Å². The third-order valence-corrected chi connectivity index (χ3v) is 5.04. The Morgan fingerprint density at radius 1 is 1.31 bits per heavy atom. The van der Waals surface area contributed by atoms with Gasteiger partial charge in [-0.3, -0.25) is 14.8 Å². The van der Waals surface area contributed by atoms with Crippen LogP contribution in [0.5, 0.6) is 0 Å². The van der Waals surface area contributed by atoms with Gasteiger partial charge in [0.05, 0.1) is 17.4 Å². The lowest BCUT2D eigenvalue weighted by atomic mass is 9.86. The van der Waals surface area contributed by atoms with Gasteiger partial charge in [-0.2, -0.15) is 0 Å². The molecule has 0 aromatic carbocycles. The molecule has 1 amide bonds. The molecule has 3 heterocycles. The van der Waals surface area contributed by atoms with Gasteiger partial charge in [-0.1, -0.05) is 12.2 Å². The van der Waals surface area contributed by atoms with Crippen LogP contribution in [0.3, 0.4) is 0 Å². The minimum Gasteiger partial charge on any atom is -0.362 e. The standard InChI is InChI=1S/C20H23N5O/c1-24(2)11-10-23-20(26)15-12-14-18-16(7-5-9-22-18)25(3)19(14)13-6-4-8-21-17(13)15/h4-9,12,16-17H,10-11H2,1-3H3,(H,23,26). The van der Waals surface area contributed by atoms with Gasteiger partial charge in [-0.25, -0.2) is 0 Å². The van der Waals surface area contributed by atoms with E-state index in [-0.39, 0.29) is 18.0 Å². The third-order valence-electron chi connectivity index (χ3n) is 5.04. The largest absolute Gasteiger partial charge is 0.362 e. The van der Waals surface area contributed by atoms with E-state index in [4.69, 9.17) is 0 Å². The van der Waals surface area contributed by atoms with Crippen LogP contribution in [0.15, 0.2) is 68.5 Å². The average molecular weight is 349 g/mol. The molecule has 1 N–H and O–H groups in total. The molecule has 0 saturated heterocycles. The summed E-state index contributed by atoms with van der Waals surface area (Å²) in [5, 5.41) is 3.02. The number of rotatable bonds is 4. The summed E-state index contributed by atoms with van der Waals surface area (Å²) in [6, 6.07) is -0.140. The molecule has 0 radical (unpaired) electrons. The number of carbonyl (C=O) groups excluding carboxylic acids is 1. The van der Waals surface area contributed by atoms with Gasteiger partial charge in [0, 0.05) is 49.3 Å². The fourth-order valence-electron chi connectivity index (χ4n) is 3.77. The number of hydrogen-bond donors (Lipinski definition) is 1. The Kier molecular flexibility index (Phi) is 4.20. The minimum atomic E-state index is -0.255. The van der Waals surface area contributed by atoms with Crippen molar-refractivity contribution in [3.05, 3.63) is 58.5 Å². The van der Waals surface area contributed by atoms with Crippen molar-refractivity contribution in [2.45, 2.75) is 12.1 Å². The predicted molar refractivity (Wildman–Crippen MR) is 104 cm³/mol. The first-order chi connectivity index (χ1) is 12.6. The molecule has 0 fully saturated rings. The highest BCUT2D eigenvalue weighted by Gasteiger charge is 2.40. The summed E-state index contributed by atoms with van der Waals surface area (Å²) < 4.78 is 0. The summed E-state index contributed by atoms with van der Waals surface area (Å²) in [5.41, 5.74) is 4.90. The highest BCUT2D eigenvalue weighted by atomic mass is 16.1. The highest BCUT2D eigenvalue weighted by Crippen LogP contribution is 2.43. The Morgan fingerprint density at radius 2 is 2.15 bits per heavy atom. The molecule has 26 heavy (non-hydrogen) atoms. The van der Waals surface area contributed by atoms with E-state index in [1.165, 1.54) is 0 Å². The molecule has 134 valence electrons. The van der Waals surface area contributed by atoms with E-state index in [9.17, 15) is 4.79 Å². The maximum atomic E-state index is 12.9. The Bertz CT molecular complexity index is 853. The number of dihydropyridines is 2. The van der Waals surface area contributed by atoms with E-state index < -0.39 is 0 Å². The van der Waals surface area contributed by atoms with E-state index in [0.717, 1.165) is 29.1 Å². The summed E-state index contributed by atoms with van der Waals surface area (Å²) >= 11 is 0. The monoisotopic (exact) mass is 349 g/mol. The van der Waals surface area contributed by atoms with Crippen molar-refractivity contribution < 1.29 is 4.79 Å². The van der Waals surface area contributed by atoms with Crippen LogP contribution < -0.4 is 5.32 Å². The van der Waals surface area contributed by atoms with Crippen LogP contribution in [0.4, 0.5) is 0 Å². The molecular formula is C20H23N5O. The van der Waals surface area contributed by atoms with Crippen molar-refractivity contribution in [2.75, 3.05) is 34.2 Å². The van der Waals surface area contributed by atoms with Crippen molar-refractivity contribution in [3.63, 3.8) is 0 Å². The summed E-state index contributed by atoms with van der Waals surface area (Å²) in [6.07, 6.45) is 13.7. The quantitative estimate of drug-likeness (QED) is 0.826. The Morgan fingerprint density at radius 3 is 2.96 bits per heavy atom. The minimum absolute atomic E-state index is 0.0598. The average Bonchev–Trinajstić information content (AvgIpc) is 2.94. The number of likely N-dealkylation sites (N-methyl/N-ethyl adjacent to an activating group) is 2. The van der Waals surface area contributed by atoms with E-state index in [0.29, 0.717) is 12.1 Å². The highest BCUT2D eigenvalue weighted by molar-refractivity contribution is 5.98. The number of nitrogens with zero attached hydrogens (tertiary/aromatic N) is 4. The van der Waals surface area contributed by atoms with Crippen LogP contribution in [0, 0.1) is 0 Å². The van der Waals surface area contributed by atoms with Gasteiger partial charge in [-0.05, 0) is 32.3 Å². The second-order valence-electron chi connectivity index (χ2n) is 7.04. The maximum Gasteiger partial charge on any atom is 0.249 e. The zero-order valence-electron chi connectivity index (χ0n) is 15.3. The number of fused-ring (bicyclic) bond motifs is 3. The van der Waals surface area contributed by atoms with Gasteiger partial charge >= 0.3 is 0 Å². The second kappa shape index (κ2) is 6.53. The van der Waals surface area contributed by atoms with E-state index >= 15 is 0 Å². The third kappa shape index (κ3) is 2.66. The summed E-state index contributed by atoms with van der Waals surface area (Å²) in [4.78, 5) is 26.3. The van der Waals surface area contributed by atoms with E-state index in [1.54, 1.807) is 6.21 Å². The normalized spacial score (nSPS) is 25.5. The van der Waals surface area contributed by atoms with E-state index in [2.05, 4.69) is 39.4 Å². The Labute approximate surface area is 153 Å². The van der Waals surface area contributed by atoms with Gasteiger partial charge in [0.15, 0.2) is 0 Å².